The van der Waals surface area contributed by atoms with Crippen LogP contribution in [0.4, 0.5) is 5.69 Å². The minimum Gasteiger partial charge on any atom is -0.465 e. The number of nitrogens with zero attached hydrogens (tertiary/aromatic N) is 2. The lowest BCUT2D eigenvalue weighted by Gasteiger charge is -2.15. The van der Waals surface area contributed by atoms with Crippen molar-refractivity contribution in [2.24, 2.45) is 16.7 Å². The molecule has 6 N–H and O–H groups in total. The highest BCUT2D eigenvalue weighted by Crippen LogP contribution is 2.33. The number of hydrogen-bond donors (Lipinski definition) is 4. The van der Waals surface area contributed by atoms with Crippen molar-refractivity contribution in [1.82, 2.24) is 5.12 Å². The lowest BCUT2D eigenvalue weighted by molar-refractivity contribution is -0.182. The van der Waals surface area contributed by atoms with E-state index in [1.807, 2.05) is 60.7 Å². The Balaban J connectivity index is 1.24. The summed E-state index contributed by atoms with van der Waals surface area (Å²) in [5.74, 6) is 4.99. The van der Waals surface area contributed by atoms with Gasteiger partial charge >= 0.3 is 11.9 Å². The average Bonchev–Trinajstić information content (AvgIpc) is 3.18. The first-order valence-corrected chi connectivity index (χ1v) is 17.8. The van der Waals surface area contributed by atoms with Crippen LogP contribution in [0.2, 0.25) is 0 Å². The summed E-state index contributed by atoms with van der Waals surface area (Å²) in [6.45, 7) is 2.63. The molecule has 0 aliphatic carbocycles. The van der Waals surface area contributed by atoms with Crippen molar-refractivity contribution < 1.29 is 29.3 Å². The lowest BCUT2D eigenvalue weighted by atomic mass is 10.0. The second kappa shape index (κ2) is 18.0. The highest BCUT2D eigenvalue weighted by atomic mass is 32.2. The van der Waals surface area contributed by atoms with Gasteiger partial charge in [0.2, 0.25) is 0 Å². The molecule has 268 valence electrons. The fourth-order valence-corrected chi connectivity index (χ4v) is 6.74. The number of hydrogen-bond acceptors (Lipinski definition) is 10. The van der Waals surface area contributed by atoms with Gasteiger partial charge in [-0.15, -0.1) is 16.9 Å². The molecule has 0 spiro atoms. The summed E-state index contributed by atoms with van der Waals surface area (Å²) in [6, 6.07) is 31.2. The maximum Gasteiger partial charge on any atom is 0.373 e. The Bertz CT molecular complexity index is 2060. The molecule has 0 saturated carbocycles. The number of fused-ring (bicyclic) bond motifs is 1. The number of anilines is 1. The molecule has 0 aliphatic rings. The van der Waals surface area contributed by atoms with E-state index in [0.29, 0.717) is 34.7 Å². The third-order valence-electron chi connectivity index (χ3n) is 8.43. The van der Waals surface area contributed by atoms with Gasteiger partial charge in [-0.25, -0.2) is 20.5 Å². The van der Waals surface area contributed by atoms with Crippen LogP contribution in [0.1, 0.15) is 74.8 Å². The van der Waals surface area contributed by atoms with Gasteiger partial charge in [-0.2, -0.15) is 5.26 Å². The molecular formula is C40H41N5O6S. The monoisotopic (exact) mass is 719 g/mol. The highest BCUT2D eigenvalue weighted by molar-refractivity contribution is 7.98. The van der Waals surface area contributed by atoms with E-state index in [1.54, 1.807) is 48.2 Å². The minimum atomic E-state index is -0.798. The topological polar surface area (TPSA) is 170 Å². The number of amidine groups is 1. The number of nitrogens with two attached hydrogens (primary N) is 2. The van der Waals surface area contributed by atoms with Crippen molar-refractivity contribution in [3.63, 3.8) is 0 Å². The average molecular weight is 720 g/mol. The first-order chi connectivity index (χ1) is 25.2. The number of nitrogens with one attached hydrogen (secondary N) is 1. The molecule has 12 heteroatoms. The number of hydrazine groups is 1. The van der Waals surface area contributed by atoms with Gasteiger partial charge in [-0.05, 0) is 71.0 Å². The van der Waals surface area contributed by atoms with Crippen molar-refractivity contribution >= 4 is 51.9 Å². The Morgan fingerprint density at radius 3 is 2.19 bits per heavy atom. The van der Waals surface area contributed by atoms with Gasteiger partial charge in [0.1, 0.15) is 0 Å². The summed E-state index contributed by atoms with van der Waals surface area (Å²) in [5.41, 5.74) is 10.9. The van der Waals surface area contributed by atoms with Crippen LogP contribution in [-0.2, 0) is 15.4 Å². The normalized spacial score (nSPS) is 11.3. The van der Waals surface area contributed by atoms with Gasteiger partial charge in [-0.1, -0.05) is 86.8 Å². The third-order valence-corrected chi connectivity index (χ3v) is 9.56. The Morgan fingerprint density at radius 1 is 0.827 bits per heavy atom. The first kappa shape index (κ1) is 37.6. The lowest BCUT2D eigenvalue weighted by Crippen LogP contribution is -2.31. The number of methoxy groups -OCH3 is 1. The minimum absolute atomic E-state index is 0.0239. The molecule has 0 fully saturated rings. The van der Waals surface area contributed by atoms with Crippen LogP contribution in [-0.4, -0.2) is 47.7 Å². The fraction of sp³-hybridized carbons (Fsp3) is 0.200. The SMILES string of the molecule is CCCCCCN(N)/N=C(\N)c1cc(NC(=O)c2ccc(-c3ccc(CSc4cccc5cccc(C(=O)OO)c45)cc3)cc2)ccc1C(=O)OC. The Labute approximate surface area is 306 Å². The molecular weight excluding hydrogens is 679 g/mol. The Morgan fingerprint density at radius 2 is 1.52 bits per heavy atom. The number of amides is 1. The van der Waals surface area contributed by atoms with Crippen LogP contribution in [0, 0.1) is 0 Å². The largest absolute Gasteiger partial charge is 0.465 e. The van der Waals surface area contributed by atoms with E-state index >= 15 is 0 Å². The van der Waals surface area contributed by atoms with Crippen molar-refractivity contribution in [1.29, 1.82) is 0 Å². The van der Waals surface area contributed by atoms with Gasteiger partial charge < -0.3 is 15.8 Å². The molecule has 5 aromatic carbocycles. The van der Waals surface area contributed by atoms with Gasteiger partial charge in [0, 0.05) is 32.8 Å². The number of unbranched alkanes of at least 4 members (excludes halogenated alkanes) is 3. The number of hydrazone groups is 1. The summed E-state index contributed by atoms with van der Waals surface area (Å²) >= 11 is 1.59. The second-order valence-corrected chi connectivity index (χ2v) is 13.0. The number of carbonyl (C=O) groups is 3. The zero-order valence-electron chi connectivity index (χ0n) is 29.0. The molecule has 0 unspecified atom stereocenters. The van der Waals surface area contributed by atoms with Crippen molar-refractivity contribution in [2.75, 3.05) is 19.0 Å². The number of benzene rings is 5. The third kappa shape index (κ3) is 9.34. The standard InChI is InChI=1S/C40H41N5O6S/c1-3-4-5-6-23-45(42)44-37(41)34-24-31(21-22-32(34)39(47)50-2)43-38(46)30-19-17-28(18-20-30)27-15-13-26(14-16-27)25-52-35-12-8-10-29-9-7-11-33(36(29)35)40(48)51-49/h7-22,24,49H,3-6,23,25,42H2,1-2H3,(H2,41,44)(H,43,46). The van der Waals surface area contributed by atoms with E-state index in [0.717, 1.165) is 58.0 Å². The predicted octanol–water partition coefficient (Wildman–Crippen LogP) is 7.84. The zero-order valence-corrected chi connectivity index (χ0v) is 29.8. The van der Waals surface area contributed by atoms with Crippen LogP contribution in [0.25, 0.3) is 21.9 Å². The molecule has 52 heavy (non-hydrogen) atoms. The van der Waals surface area contributed by atoms with Crippen molar-refractivity contribution in [3.8, 4) is 11.1 Å². The number of esters is 1. The van der Waals surface area contributed by atoms with E-state index in [4.69, 9.17) is 21.6 Å². The summed E-state index contributed by atoms with van der Waals surface area (Å²) in [5, 5.41) is 19.0. The molecule has 0 atom stereocenters. The molecule has 5 rings (SSSR count). The Hall–Kier alpha value is -5.69. The van der Waals surface area contributed by atoms with Crippen molar-refractivity contribution in [2.45, 2.75) is 43.3 Å². The highest BCUT2D eigenvalue weighted by Gasteiger charge is 2.18. The number of ether oxygens (including phenoxy) is 1. The maximum absolute atomic E-state index is 13.2. The summed E-state index contributed by atoms with van der Waals surface area (Å²) < 4.78 is 4.92. The van der Waals surface area contributed by atoms with Crippen LogP contribution < -0.4 is 16.9 Å². The predicted molar refractivity (Wildman–Crippen MR) is 205 cm³/mol. The van der Waals surface area contributed by atoms with Gasteiger partial charge in [0.25, 0.3) is 5.91 Å². The number of rotatable bonds is 15. The molecule has 11 nitrogen and oxygen atoms in total. The van der Waals surface area contributed by atoms with E-state index in [1.165, 1.54) is 18.3 Å². The number of carbonyl (C=O) groups excluding carboxylic acids is 3. The molecule has 0 heterocycles. The molecule has 5 aromatic rings. The molecule has 0 bridgehead atoms. The second-order valence-electron chi connectivity index (χ2n) is 12.0. The zero-order chi connectivity index (χ0) is 37.0. The van der Waals surface area contributed by atoms with Crippen LogP contribution in [0.3, 0.4) is 0 Å². The van der Waals surface area contributed by atoms with E-state index in [9.17, 15) is 14.4 Å². The van der Waals surface area contributed by atoms with E-state index in [2.05, 4.69) is 22.2 Å². The van der Waals surface area contributed by atoms with Crippen LogP contribution in [0.5, 0.6) is 0 Å². The van der Waals surface area contributed by atoms with Gasteiger partial charge in [0.05, 0.1) is 24.8 Å². The summed E-state index contributed by atoms with van der Waals surface area (Å²) in [7, 11) is 1.28. The Kier molecular flexibility index (Phi) is 13.0. The molecule has 0 saturated heterocycles. The quantitative estimate of drug-likeness (QED) is 0.0122. The molecule has 1 amide bonds. The first-order valence-electron chi connectivity index (χ1n) is 16.8. The van der Waals surface area contributed by atoms with E-state index in [-0.39, 0.29) is 17.3 Å². The summed E-state index contributed by atoms with van der Waals surface area (Å²) in [6.07, 6.45) is 4.07. The summed E-state index contributed by atoms with van der Waals surface area (Å²) in [4.78, 5) is 42.8. The van der Waals surface area contributed by atoms with Crippen LogP contribution in [0.15, 0.2) is 113 Å². The number of thioether (sulfide) groups is 1. The smallest absolute Gasteiger partial charge is 0.373 e. The fourth-order valence-electron chi connectivity index (χ4n) is 5.68. The van der Waals surface area contributed by atoms with Crippen LogP contribution >= 0.6 is 11.8 Å². The molecule has 0 radical (unpaired) electrons. The molecule has 0 aromatic heterocycles. The van der Waals surface area contributed by atoms with Gasteiger partial charge in [-0.3, -0.25) is 9.68 Å². The maximum atomic E-state index is 13.2. The molecule has 0 aliphatic heterocycles. The van der Waals surface area contributed by atoms with Crippen molar-refractivity contribution in [3.05, 3.63) is 131 Å². The van der Waals surface area contributed by atoms with Gasteiger partial charge in [0.15, 0.2) is 5.84 Å². The van der Waals surface area contributed by atoms with E-state index < -0.39 is 11.9 Å².